The van der Waals surface area contributed by atoms with Gasteiger partial charge in [0.1, 0.15) is 5.76 Å². The van der Waals surface area contributed by atoms with E-state index < -0.39 is 0 Å². The van der Waals surface area contributed by atoms with Crippen molar-refractivity contribution in [2.24, 2.45) is 10.9 Å². The molecule has 0 unspecified atom stereocenters. The lowest BCUT2D eigenvalue weighted by molar-refractivity contribution is 0.397. The van der Waals surface area contributed by atoms with Crippen LogP contribution in [0.25, 0.3) is 0 Å². The smallest absolute Gasteiger partial charge is 0.142 e. The SMILES string of the molecule is C/C(=N\N)c1cnoc1C. The van der Waals surface area contributed by atoms with E-state index in [4.69, 9.17) is 10.4 Å². The van der Waals surface area contributed by atoms with Crippen molar-refractivity contribution in [3.05, 3.63) is 17.5 Å². The summed E-state index contributed by atoms with van der Waals surface area (Å²) in [5, 5.41) is 7.09. The summed E-state index contributed by atoms with van der Waals surface area (Å²) in [6.45, 7) is 3.62. The van der Waals surface area contributed by atoms with Gasteiger partial charge in [-0.1, -0.05) is 5.16 Å². The summed E-state index contributed by atoms with van der Waals surface area (Å²) < 4.78 is 4.80. The molecular formula is C6H9N3O. The molecule has 0 saturated carbocycles. The number of aryl methyl sites for hydroxylation is 1. The highest BCUT2D eigenvalue weighted by Crippen LogP contribution is 2.05. The Kier molecular flexibility index (Phi) is 1.71. The minimum atomic E-state index is 0.735. The zero-order valence-electron chi connectivity index (χ0n) is 5.96. The van der Waals surface area contributed by atoms with E-state index in [2.05, 4.69) is 10.3 Å². The molecule has 54 valence electrons. The van der Waals surface area contributed by atoms with Crippen LogP contribution in [0.5, 0.6) is 0 Å². The van der Waals surface area contributed by atoms with Crippen molar-refractivity contribution in [2.75, 3.05) is 0 Å². The standard InChI is InChI=1S/C6H9N3O/c1-4(9-7)6-3-8-10-5(6)2/h3H,7H2,1-2H3/b9-4+. The van der Waals surface area contributed by atoms with Crippen molar-refractivity contribution in [3.8, 4) is 0 Å². The van der Waals surface area contributed by atoms with Crippen molar-refractivity contribution in [1.82, 2.24) is 5.16 Å². The number of hydrogen-bond donors (Lipinski definition) is 1. The van der Waals surface area contributed by atoms with Gasteiger partial charge in [-0.3, -0.25) is 0 Å². The minimum absolute atomic E-state index is 0.735. The van der Waals surface area contributed by atoms with Crippen LogP contribution in [0.4, 0.5) is 0 Å². The third-order valence-electron chi connectivity index (χ3n) is 1.33. The maximum atomic E-state index is 5.05. The highest BCUT2D eigenvalue weighted by molar-refractivity contribution is 5.98. The molecule has 4 nitrogen and oxygen atoms in total. The van der Waals surface area contributed by atoms with E-state index in [1.807, 2.05) is 6.92 Å². The predicted molar refractivity (Wildman–Crippen MR) is 37.6 cm³/mol. The minimum Gasteiger partial charge on any atom is -0.361 e. The predicted octanol–water partition coefficient (Wildman–Crippen LogP) is 0.666. The molecule has 10 heavy (non-hydrogen) atoms. The van der Waals surface area contributed by atoms with Crippen LogP contribution in [-0.4, -0.2) is 10.9 Å². The average Bonchev–Trinajstić information content (AvgIpc) is 2.34. The van der Waals surface area contributed by atoms with Crippen LogP contribution in [0.2, 0.25) is 0 Å². The zero-order chi connectivity index (χ0) is 7.56. The lowest BCUT2D eigenvalue weighted by atomic mass is 10.2. The lowest BCUT2D eigenvalue weighted by Gasteiger charge is -1.90. The van der Waals surface area contributed by atoms with Gasteiger partial charge in [-0.25, -0.2) is 0 Å². The van der Waals surface area contributed by atoms with Gasteiger partial charge in [0.25, 0.3) is 0 Å². The fraction of sp³-hybridized carbons (Fsp3) is 0.333. The molecule has 1 heterocycles. The normalized spacial score (nSPS) is 12.0. The van der Waals surface area contributed by atoms with Gasteiger partial charge in [0.05, 0.1) is 17.5 Å². The number of hydrogen-bond acceptors (Lipinski definition) is 4. The van der Waals surface area contributed by atoms with Crippen LogP contribution in [0.15, 0.2) is 15.8 Å². The van der Waals surface area contributed by atoms with Crippen molar-refractivity contribution < 1.29 is 4.52 Å². The van der Waals surface area contributed by atoms with Gasteiger partial charge in [0.2, 0.25) is 0 Å². The maximum Gasteiger partial charge on any atom is 0.142 e. The van der Waals surface area contributed by atoms with E-state index in [1.165, 1.54) is 0 Å². The fourth-order valence-electron chi connectivity index (χ4n) is 0.716. The summed E-state index contributed by atoms with van der Waals surface area (Å²) >= 11 is 0. The molecule has 0 aliphatic rings. The van der Waals surface area contributed by atoms with E-state index >= 15 is 0 Å². The van der Waals surface area contributed by atoms with Crippen molar-refractivity contribution >= 4 is 5.71 Å². The highest BCUT2D eigenvalue weighted by Gasteiger charge is 2.04. The van der Waals surface area contributed by atoms with Gasteiger partial charge in [-0.05, 0) is 13.8 Å². The second-order valence-corrected chi connectivity index (χ2v) is 2.01. The molecule has 0 aliphatic carbocycles. The van der Waals surface area contributed by atoms with Crippen LogP contribution in [0.1, 0.15) is 18.2 Å². The highest BCUT2D eigenvalue weighted by atomic mass is 16.5. The quantitative estimate of drug-likeness (QED) is 0.353. The Labute approximate surface area is 58.7 Å². The van der Waals surface area contributed by atoms with E-state index in [0.717, 1.165) is 17.0 Å². The molecule has 4 heteroatoms. The van der Waals surface area contributed by atoms with Crippen LogP contribution < -0.4 is 5.84 Å². The summed E-state index contributed by atoms with van der Waals surface area (Å²) in [5.41, 5.74) is 1.60. The number of aromatic nitrogens is 1. The molecular weight excluding hydrogens is 130 g/mol. The van der Waals surface area contributed by atoms with Gasteiger partial charge in [0, 0.05) is 0 Å². The first-order valence-electron chi connectivity index (χ1n) is 2.92. The Hall–Kier alpha value is -1.32. The molecule has 1 aromatic heterocycles. The Morgan fingerprint density at radius 2 is 2.50 bits per heavy atom. The zero-order valence-corrected chi connectivity index (χ0v) is 5.96. The monoisotopic (exact) mass is 139 g/mol. The lowest BCUT2D eigenvalue weighted by Crippen LogP contribution is -1.98. The third-order valence-corrected chi connectivity index (χ3v) is 1.33. The first kappa shape index (κ1) is 6.80. The molecule has 0 spiro atoms. The first-order valence-corrected chi connectivity index (χ1v) is 2.92. The van der Waals surface area contributed by atoms with Gasteiger partial charge in [0.15, 0.2) is 0 Å². The third kappa shape index (κ3) is 1.00. The fourth-order valence-corrected chi connectivity index (χ4v) is 0.716. The second-order valence-electron chi connectivity index (χ2n) is 2.01. The number of hydrazone groups is 1. The Morgan fingerprint density at radius 3 is 2.90 bits per heavy atom. The molecule has 1 aromatic rings. The van der Waals surface area contributed by atoms with Crippen LogP contribution in [0.3, 0.4) is 0 Å². The first-order chi connectivity index (χ1) is 4.75. The molecule has 0 radical (unpaired) electrons. The van der Waals surface area contributed by atoms with Crippen molar-refractivity contribution in [3.63, 3.8) is 0 Å². The van der Waals surface area contributed by atoms with Gasteiger partial charge in [-0.15, -0.1) is 0 Å². The molecule has 0 aliphatic heterocycles. The van der Waals surface area contributed by atoms with Crippen molar-refractivity contribution in [1.29, 1.82) is 0 Å². The van der Waals surface area contributed by atoms with Crippen LogP contribution >= 0.6 is 0 Å². The largest absolute Gasteiger partial charge is 0.361 e. The number of nitrogens with two attached hydrogens (primary N) is 1. The molecule has 2 N–H and O–H groups in total. The van der Waals surface area contributed by atoms with Crippen LogP contribution in [-0.2, 0) is 0 Å². The van der Waals surface area contributed by atoms with Crippen LogP contribution in [0, 0.1) is 6.92 Å². The Bertz CT molecular complexity index is 251. The van der Waals surface area contributed by atoms with E-state index in [-0.39, 0.29) is 0 Å². The summed E-state index contributed by atoms with van der Waals surface area (Å²) in [7, 11) is 0. The maximum absolute atomic E-state index is 5.05. The van der Waals surface area contributed by atoms with E-state index in [0.29, 0.717) is 0 Å². The van der Waals surface area contributed by atoms with Gasteiger partial charge < -0.3 is 10.4 Å². The summed E-state index contributed by atoms with van der Waals surface area (Å²) in [5.74, 6) is 5.79. The van der Waals surface area contributed by atoms with E-state index in [1.54, 1.807) is 13.1 Å². The summed E-state index contributed by atoms with van der Waals surface area (Å²) in [6, 6.07) is 0. The van der Waals surface area contributed by atoms with E-state index in [9.17, 15) is 0 Å². The molecule has 0 saturated heterocycles. The summed E-state index contributed by atoms with van der Waals surface area (Å²) in [6.07, 6.45) is 1.60. The second kappa shape index (κ2) is 2.51. The average molecular weight is 139 g/mol. The van der Waals surface area contributed by atoms with Crippen molar-refractivity contribution in [2.45, 2.75) is 13.8 Å². The number of rotatable bonds is 1. The number of nitrogens with zero attached hydrogens (tertiary/aromatic N) is 2. The molecule has 0 atom stereocenters. The van der Waals surface area contributed by atoms with Gasteiger partial charge in [-0.2, -0.15) is 5.10 Å². The summed E-state index contributed by atoms with van der Waals surface area (Å²) in [4.78, 5) is 0. The van der Waals surface area contributed by atoms with Gasteiger partial charge >= 0.3 is 0 Å². The topological polar surface area (TPSA) is 64.4 Å². The molecule has 0 amide bonds. The Morgan fingerprint density at radius 1 is 1.80 bits per heavy atom. The molecule has 0 aromatic carbocycles. The Balaban J connectivity index is 3.05. The molecule has 0 bridgehead atoms. The molecule has 1 rings (SSSR count). The molecule has 0 fully saturated rings.